The fourth-order valence-electron chi connectivity index (χ4n) is 7.53. The van der Waals surface area contributed by atoms with Gasteiger partial charge in [0.15, 0.2) is 11.9 Å². The molecule has 5 aliphatic rings. The van der Waals surface area contributed by atoms with Gasteiger partial charge in [-0.3, -0.25) is 9.59 Å². The van der Waals surface area contributed by atoms with Crippen LogP contribution in [0.4, 0.5) is 0 Å². The van der Waals surface area contributed by atoms with Gasteiger partial charge in [0.2, 0.25) is 18.0 Å². The van der Waals surface area contributed by atoms with E-state index in [2.05, 4.69) is 17.2 Å². The third-order valence-corrected chi connectivity index (χ3v) is 9.82. The van der Waals surface area contributed by atoms with Crippen molar-refractivity contribution in [3.8, 4) is 0 Å². The lowest BCUT2D eigenvalue weighted by Gasteiger charge is -2.59. The molecule has 4 aliphatic heterocycles. The lowest BCUT2D eigenvalue weighted by atomic mass is 9.58. The summed E-state index contributed by atoms with van der Waals surface area (Å²) in [7, 11) is 1.28. The van der Waals surface area contributed by atoms with E-state index in [4.69, 9.17) is 28.7 Å². The van der Waals surface area contributed by atoms with E-state index in [1.165, 1.54) is 7.11 Å². The number of rotatable bonds is 8. The van der Waals surface area contributed by atoms with Crippen LogP contribution in [0.5, 0.6) is 0 Å². The zero-order valence-electron chi connectivity index (χ0n) is 24.6. The van der Waals surface area contributed by atoms with Crippen LogP contribution in [-0.4, -0.2) is 59.9 Å². The topological polar surface area (TPSA) is 134 Å². The molecule has 5 fully saturated rings. The van der Waals surface area contributed by atoms with E-state index >= 15 is 0 Å². The number of esters is 2. The van der Waals surface area contributed by atoms with Crippen LogP contribution in [-0.2, 0) is 49.5 Å². The van der Waals surface area contributed by atoms with E-state index in [-0.39, 0.29) is 37.0 Å². The van der Waals surface area contributed by atoms with Gasteiger partial charge >= 0.3 is 11.9 Å². The molecule has 11 heteroatoms. The summed E-state index contributed by atoms with van der Waals surface area (Å²) in [6, 6.07) is 6.81. The summed E-state index contributed by atoms with van der Waals surface area (Å²) in [5, 5.41) is 3.68. The molecule has 11 nitrogen and oxygen atoms in total. The first-order valence-corrected chi connectivity index (χ1v) is 15.0. The first kappa shape index (κ1) is 29.1. The number of benzene rings is 1. The van der Waals surface area contributed by atoms with Crippen LogP contribution in [0.15, 0.2) is 30.5 Å². The monoisotopic (exact) mass is 584 g/mol. The molecule has 2 bridgehead atoms. The van der Waals surface area contributed by atoms with Gasteiger partial charge in [-0.15, -0.1) is 0 Å². The van der Waals surface area contributed by atoms with Crippen LogP contribution in [0.25, 0.3) is 10.9 Å². The Balaban J connectivity index is 1.07. The molecule has 1 amide bonds. The highest BCUT2D eigenvalue weighted by Crippen LogP contribution is 2.60. The van der Waals surface area contributed by atoms with E-state index in [1.807, 2.05) is 44.3 Å². The molecule has 0 unspecified atom stereocenters. The molecule has 2 aromatic rings. The minimum Gasteiger partial charge on any atom is -0.467 e. The van der Waals surface area contributed by atoms with Gasteiger partial charge in [0.1, 0.15) is 6.04 Å². The number of ether oxygens (including phenoxy) is 4. The van der Waals surface area contributed by atoms with Crippen molar-refractivity contribution < 1.29 is 43.1 Å². The number of carbonyl (C=O) groups excluding carboxylic acids is 3. The van der Waals surface area contributed by atoms with Crippen LogP contribution >= 0.6 is 0 Å². The normalized spacial score (nSPS) is 36.0. The summed E-state index contributed by atoms with van der Waals surface area (Å²) in [6.07, 6.45) is 3.70. The van der Waals surface area contributed by atoms with E-state index in [1.54, 1.807) is 0 Å². The SMILES string of the molecule is COC(=O)[C@H](Cc1c[nH]c2ccccc12)NC(=O)CCC(=O)O[C@@H]1O[C@@H]2O[C@@]3(C)CC[C@H]4[C@H](C)CC[C@@H]([C@H]1C)[C@]24OO3. The average Bonchev–Trinajstić information content (AvgIpc) is 3.24. The average molecular weight is 585 g/mol. The minimum atomic E-state index is -0.923. The molecule has 1 aromatic carbocycles. The maximum absolute atomic E-state index is 12.9. The molecule has 1 aromatic heterocycles. The van der Waals surface area contributed by atoms with Crippen molar-refractivity contribution in [3.05, 3.63) is 36.0 Å². The largest absolute Gasteiger partial charge is 0.467 e. The van der Waals surface area contributed by atoms with Crippen LogP contribution in [0.3, 0.4) is 0 Å². The molecule has 7 rings (SSSR count). The summed E-state index contributed by atoms with van der Waals surface area (Å²) in [5.74, 6) is -2.01. The number of nitrogens with one attached hydrogen (secondary N) is 2. The lowest BCUT2D eigenvalue weighted by molar-refractivity contribution is -0.576. The van der Waals surface area contributed by atoms with Crippen molar-refractivity contribution in [2.75, 3.05) is 7.11 Å². The van der Waals surface area contributed by atoms with Gasteiger partial charge in [-0.1, -0.05) is 32.0 Å². The maximum atomic E-state index is 12.9. The van der Waals surface area contributed by atoms with Crippen molar-refractivity contribution in [1.82, 2.24) is 10.3 Å². The number of aromatic nitrogens is 1. The van der Waals surface area contributed by atoms with Crippen molar-refractivity contribution in [2.24, 2.45) is 23.7 Å². The number of aromatic amines is 1. The molecule has 1 aliphatic carbocycles. The van der Waals surface area contributed by atoms with Crippen molar-refractivity contribution in [2.45, 2.75) is 95.7 Å². The molecule has 4 saturated heterocycles. The standard InChI is InChI=1S/C31H40N2O9/c1-17-9-10-22-18(2)28(39-29-31(22)21(17)13-14-30(3,40-29)41-42-31)38-26(35)12-11-25(34)33-24(27(36)37-4)15-19-16-32-23-8-6-5-7-20(19)23/h5-8,16-18,21-22,24,28-29,32H,9-15H2,1-4H3,(H,33,34)/t17-,18-,21+,22+,24+,28-,29-,30-,31+/m1/s1. The lowest BCUT2D eigenvalue weighted by Crippen LogP contribution is -2.70. The fourth-order valence-corrected chi connectivity index (χ4v) is 7.53. The van der Waals surface area contributed by atoms with Crippen molar-refractivity contribution >= 4 is 28.7 Å². The van der Waals surface area contributed by atoms with E-state index in [9.17, 15) is 14.4 Å². The van der Waals surface area contributed by atoms with Crippen molar-refractivity contribution in [1.29, 1.82) is 0 Å². The summed E-state index contributed by atoms with van der Waals surface area (Å²) in [5.41, 5.74) is 1.06. The second kappa shape index (κ2) is 11.3. The molecule has 5 heterocycles. The summed E-state index contributed by atoms with van der Waals surface area (Å²) in [6.45, 7) is 6.09. The second-order valence-corrected chi connectivity index (χ2v) is 12.5. The Bertz CT molecular complexity index is 1340. The Morgan fingerprint density at radius 1 is 1.10 bits per heavy atom. The first-order chi connectivity index (χ1) is 20.1. The van der Waals surface area contributed by atoms with Gasteiger partial charge < -0.3 is 29.2 Å². The highest BCUT2D eigenvalue weighted by molar-refractivity contribution is 5.88. The number of fused-ring (bicyclic) bond motifs is 3. The second-order valence-electron chi connectivity index (χ2n) is 12.5. The van der Waals surface area contributed by atoms with Gasteiger partial charge in [0.05, 0.1) is 13.5 Å². The smallest absolute Gasteiger partial charge is 0.328 e. The highest BCUT2D eigenvalue weighted by atomic mass is 17.3. The van der Waals surface area contributed by atoms with Crippen molar-refractivity contribution in [3.63, 3.8) is 0 Å². The van der Waals surface area contributed by atoms with Gasteiger partial charge in [0, 0.05) is 48.2 Å². The summed E-state index contributed by atoms with van der Waals surface area (Å²) >= 11 is 0. The molecule has 42 heavy (non-hydrogen) atoms. The predicted molar refractivity (Wildman–Crippen MR) is 148 cm³/mol. The number of methoxy groups -OCH3 is 1. The summed E-state index contributed by atoms with van der Waals surface area (Å²) < 4.78 is 23.3. The molecule has 228 valence electrons. The van der Waals surface area contributed by atoms with Gasteiger partial charge in [0.25, 0.3) is 0 Å². The number of amides is 1. The van der Waals surface area contributed by atoms with E-state index < -0.39 is 47.9 Å². The number of carbonyl (C=O) groups is 3. The number of H-pyrrole nitrogens is 1. The molecular formula is C31H40N2O9. The number of para-hydroxylation sites is 1. The number of hydrogen-bond acceptors (Lipinski definition) is 9. The molecule has 1 saturated carbocycles. The Hall–Kier alpha value is -2.99. The summed E-state index contributed by atoms with van der Waals surface area (Å²) in [4.78, 5) is 53.4. The Labute approximate surface area is 244 Å². The quantitative estimate of drug-likeness (QED) is 0.350. The zero-order valence-corrected chi connectivity index (χ0v) is 24.6. The van der Waals surface area contributed by atoms with Crippen LogP contribution < -0.4 is 5.32 Å². The van der Waals surface area contributed by atoms with Gasteiger partial charge in [-0.25, -0.2) is 14.6 Å². The van der Waals surface area contributed by atoms with Crippen LogP contribution in [0.2, 0.25) is 0 Å². The third kappa shape index (κ3) is 5.10. The number of hydrogen-bond donors (Lipinski definition) is 2. The molecule has 0 radical (unpaired) electrons. The Kier molecular flexibility index (Phi) is 7.80. The molecular weight excluding hydrogens is 544 g/mol. The predicted octanol–water partition coefficient (Wildman–Crippen LogP) is 3.90. The van der Waals surface area contributed by atoms with E-state index in [0.29, 0.717) is 12.3 Å². The van der Waals surface area contributed by atoms with Crippen LogP contribution in [0, 0.1) is 23.7 Å². The maximum Gasteiger partial charge on any atom is 0.328 e. The van der Waals surface area contributed by atoms with Gasteiger partial charge in [-0.05, 0) is 49.7 Å². The van der Waals surface area contributed by atoms with Gasteiger partial charge in [-0.2, -0.15) is 0 Å². The first-order valence-electron chi connectivity index (χ1n) is 15.0. The molecule has 1 spiro atoms. The third-order valence-electron chi connectivity index (χ3n) is 9.82. The minimum absolute atomic E-state index is 0.0199. The Morgan fingerprint density at radius 3 is 2.71 bits per heavy atom. The fraction of sp³-hybridized carbons (Fsp3) is 0.645. The van der Waals surface area contributed by atoms with E-state index in [0.717, 1.165) is 35.7 Å². The highest BCUT2D eigenvalue weighted by Gasteiger charge is 2.69. The van der Waals surface area contributed by atoms with Crippen LogP contribution in [0.1, 0.15) is 64.9 Å². The zero-order chi connectivity index (χ0) is 29.6. The molecule has 2 N–H and O–H groups in total. The Morgan fingerprint density at radius 2 is 1.90 bits per heavy atom. The molecule has 9 atom stereocenters.